The highest BCUT2D eigenvalue weighted by molar-refractivity contribution is 6.07. The number of carbonyl (C=O) groups excluding carboxylic acids is 2. The summed E-state index contributed by atoms with van der Waals surface area (Å²) in [6, 6.07) is 11.6. The number of rotatable bonds is 4. The number of H-pyrrole nitrogens is 1. The van der Waals surface area contributed by atoms with Crippen molar-refractivity contribution in [3.8, 4) is 0 Å². The van der Waals surface area contributed by atoms with Crippen LogP contribution in [0, 0.1) is 13.8 Å². The van der Waals surface area contributed by atoms with E-state index in [-0.39, 0.29) is 18.3 Å². The van der Waals surface area contributed by atoms with Gasteiger partial charge >= 0.3 is 0 Å². The Balaban J connectivity index is 0.000000172. The number of nitrogens with one attached hydrogen (secondary N) is 2. The van der Waals surface area contributed by atoms with Crippen LogP contribution in [0.2, 0.25) is 0 Å². The van der Waals surface area contributed by atoms with Crippen molar-refractivity contribution in [2.45, 2.75) is 52.2 Å². The van der Waals surface area contributed by atoms with Crippen LogP contribution >= 0.6 is 0 Å². The van der Waals surface area contributed by atoms with E-state index in [2.05, 4.69) is 35.4 Å². The van der Waals surface area contributed by atoms with E-state index in [4.69, 9.17) is 0 Å². The third-order valence-electron chi connectivity index (χ3n) is 5.19. The number of aryl methyl sites for hydroxylation is 2. The topological polar surface area (TPSA) is 102 Å². The molecule has 4 N–H and O–H groups in total. The van der Waals surface area contributed by atoms with E-state index in [1.165, 1.54) is 23.4 Å². The van der Waals surface area contributed by atoms with Crippen LogP contribution in [-0.4, -0.2) is 33.0 Å². The molecule has 0 fully saturated rings. The number of aliphatic hydroxyl groups excluding tert-OH is 1. The van der Waals surface area contributed by atoms with Crippen LogP contribution in [0.25, 0.3) is 10.9 Å². The molecule has 1 aliphatic rings. The first kappa shape index (κ1) is 21.7. The minimum atomic E-state index is -1.70. The molecule has 0 saturated heterocycles. The van der Waals surface area contributed by atoms with Gasteiger partial charge in [-0.2, -0.15) is 0 Å². The summed E-state index contributed by atoms with van der Waals surface area (Å²) in [5, 5.41) is 23.4. The number of Topliss-reactive ketones (excluding diaryl/α,β-unsaturated/α-hetero) is 1. The number of aliphatic hydroxyl groups is 2. The summed E-state index contributed by atoms with van der Waals surface area (Å²) in [5.74, 6) is -0.740. The van der Waals surface area contributed by atoms with Gasteiger partial charge in [0.15, 0.2) is 5.60 Å². The van der Waals surface area contributed by atoms with Crippen LogP contribution in [0.4, 0.5) is 5.69 Å². The average Bonchev–Trinajstić information content (AvgIpc) is 3.14. The molecular weight excluding hydrogens is 380 g/mol. The van der Waals surface area contributed by atoms with Crippen LogP contribution in [0.1, 0.15) is 42.5 Å². The lowest BCUT2D eigenvalue weighted by atomic mass is 9.89. The Kier molecular flexibility index (Phi) is 6.10. The summed E-state index contributed by atoms with van der Waals surface area (Å²) in [7, 11) is 0. The van der Waals surface area contributed by atoms with Crippen LogP contribution in [0.15, 0.2) is 42.6 Å². The van der Waals surface area contributed by atoms with Gasteiger partial charge in [0, 0.05) is 41.2 Å². The van der Waals surface area contributed by atoms with Crippen molar-refractivity contribution >= 4 is 28.3 Å². The fourth-order valence-electron chi connectivity index (χ4n) is 3.77. The number of ketones is 1. The van der Waals surface area contributed by atoms with E-state index in [9.17, 15) is 19.8 Å². The first-order valence-electron chi connectivity index (χ1n) is 9.99. The molecule has 158 valence electrons. The number of hydrogen-bond acceptors (Lipinski definition) is 4. The molecule has 2 atom stereocenters. The summed E-state index contributed by atoms with van der Waals surface area (Å²) in [6.45, 7) is 7.13. The van der Waals surface area contributed by atoms with E-state index < -0.39 is 11.5 Å². The van der Waals surface area contributed by atoms with Gasteiger partial charge in [0.05, 0.1) is 6.10 Å². The maximum atomic E-state index is 11.7. The number of benzene rings is 2. The van der Waals surface area contributed by atoms with Crippen molar-refractivity contribution in [1.29, 1.82) is 0 Å². The van der Waals surface area contributed by atoms with Crippen molar-refractivity contribution in [2.75, 3.05) is 5.32 Å². The van der Waals surface area contributed by atoms with Gasteiger partial charge < -0.3 is 20.5 Å². The van der Waals surface area contributed by atoms with E-state index in [1.807, 2.05) is 26.1 Å². The lowest BCUT2D eigenvalue weighted by molar-refractivity contribution is -0.139. The second kappa shape index (κ2) is 8.42. The number of carbonyl (C=O) groups is 2. The fourth-order valence-corrected chi connectivity index (χ4v) is 3.77. The summed E-state index contributed by atoms with van der Waals surface area (Å²) in [6.07, 6.45) is 2.23. The molecule has 1 aromatic heterocycles. The zero-order valence-electron chi connectivity index (χ0n) is 17.7. The van der Waals surface area contributed by atoms with E-state index in [0.29, 0.717) is 17.7 Å². The van der Waals surface area contributed by atoms with Crippen LogP contribution < -0.4 is 5.32 Å². The Bertz CT molecular complexity index is 1100. The molecule has 6 nitrogen and oxygen atoms in total. The highest BCUT2D eigenvalue weighted by atomic mass is 16.3. The van der Waals surface area contributed by atoms with Gasteiger partial charge in [0.25, 0.3) is 5.91 Å². The van der Waals surface area contributed by atoms with Gasteiger partial charge in [-0.1, -0.05) is 29.3 Å². The van der Waals surface area contributed by atoms with Crippen molar-refractivity contribution in [3.05, 3.63) is 64.8 Å². The predicted molar refractivity (Wildman–Crippen MR) is 117 cm³/mol. The molecule has 3 aromatic rings. The molecule has 4 rings (SSSR count). The second-order valence-electron chi connectivity index (χ2n) is 8.16. The normalized spacial score (nSPS) is 18.4. The van der Waals surface area contributed by atoms with E-state index in [1.54, 1.807) is 12.1 Å². The molecule has 2 unspecified atom stereocenters. The third kappa shape index (κ3) is 4.45. The van der Waals surface area contributed by atoms with E-state index in [0.717, 1.165) is 11.1 Å². The fraction of sp³-hybridized carbons (Fsp3) is 0.333. The molecule has 0 spiro atoms. The van der Waals surface area contributed by atoms with Gasteiger partial charge in [0.2, 0.25) is 0 Å². The number of aromatic amines is 1. The zero-order chi connectivity index (χ0) is 22.1. The van der Waals surface area contributed by atoms with Crippen LogP contribution in [0.5, 0.6) is 0 Å². The van der Waals surface area contributed by atoms with Crippen molar-refractivity contribution in [1.82, 2.24) is 4.98 Å². The molecule has 0 bridgehead atoms. The minimum absolute atomic E-state index is 0.185. The average molecular weight is 408 g/mol. The van der Waals surface area contributed by atoms with Crippen LogP contribution in [0.3, 0.4) is 0 Å². The SMILES string of the molecule is CC(=O)CC1(O)C(=O)Nc2ccc(C)cc21.Cc1ccc2[nH]cc(CC(C)O)c2c1. The smallest absolute Gasteiger partial charge is 0.261 e. The van der Waals surface area contributed by atoms with Gasteiger partial charge in [-0.3, -0.25) is 9.59 Å². The molecule has 2 aromatic carbocycles. The standard InChI is InChI=1S/C12H13NO3.C12H15NO/c1-7-3-4-10-9(5-7)12(16,6-8(2)14)11(15)13-10;1-8-3-4-12-11(5-8)10(7-13-12)6-9(2)14/h3-5,16H,6H2,1-2H3,(H,13,15);3-5,7,9,13-14H,6H2,1-2H3. The number of aromatic nitrogens is 1. The molecule has 6 heteroatoms. The molecule has 2 heterocycles. The number of amides is 1. The molecule has 0 saturated carbocycles. The summed E-state index contributed by atoms with van der Waals surface area (Å²) in [5.41, 5.74) is 3.91. The predicted octanol–water partition coefficient (Wildman–Crippen LogP) is 3.51. The van der Waals surface area contributed by atoms with Crippen molar-refractivity contribution in [2.24, 2.45) is 0 Å². The quantitative estimate of drug-likeness (QED) is 0.530. The molecule has 30 heavy (non-hydrogen) atoms. The number of hydrogen-bond donors (Lipinski definition) is 4. The van der Waals surface area contributed by atoms with Gasteiger partial charge in [-0.25, -0.2) is 0 Å². The Labute approximate surface area is 175 Å². The molecule has 1 aliphatic heterocycles. The summed E-state index contributed by atoms with van der Waals surface area (Å²) in [4.78, 5) is 26.0. The third-order valence-corrected chi connectivity index (χ3v) is 5.19. The Hall–Kier alpha value is -2.96. The van der Waals surface area contributed by atoms with E-state index >= 15 is 0 Å². The highest BCUT2D eigenvalue weighted by Crippen LogP contribution is 2.38. The van der Waals surface area contributed by atoms with Gasteiger partial charge in [0.1, 0.15) is 5.78 Å². The Morgan fingerprint density at radius 3 is 2.47 bits per heavy atom. The minimum Gasteiger partial charge on any atom is -0.393 e. The van der Waals surface area contributed by atoms with Crippen molar-refractivity contribution < 1.29 is 19.8 Å². The molecule has 0 radical (unpaired) electrons. The highest BCUT2D eigenvalue weighted by Gasteiger charge is 2.45. The lowest BCUT2D eigenvalue weighted by Crippen LogP contribution is -2.36. The first-order valence-corrected chi connectivity index (χ1v) is 9.99. The summed E-state index contributed by atoms with van der Waals surface area (Å²) < 4.78 is 0. The monoisotopic (exact) mass is 408 g/mol. The summed E-state index contributed by atoms with van der Waals surface area (Å²) >= 11 is 0. The zero-order valence-corrected chi connectivity index (χ0v) is 17.7. The Morgan fingerprint density at radius 2 is 1.80 bits per heavy atom. The lowest BCUT2D eigenvalue weighted by Gasteiger charge is -2.19. The molecular formula is C24H28N2O4. The Morgan fingerprint density at radius 1 is 1.13 bits per heavy atom. The first-order chi connectivity index (χ1) is 14.1. The number of fused-ring (bicyclic) bond motifs is 2. The van der Waals surface area contributed by atoms with Gasteiger partial charge in [-0.15, -0.1) is 0 Å². The molecule has 0 aliphatic carbocycles. The maximum Gasteiger partial charge on any atom is 0.261 e. The maximum absolute atomic E-state index is 11.7. The largest absolute Gasteiger partial charge is 0.393 e. The van der Waals surface area contributed by atoms with Crippen LogP contribution in [-0.2, 0) is 21.6 Å². The molecule has 1 amide bonds. The van der Waals surface area contributed by atoms with Crippen molar-refractivity contribution in [3.63, 3.8) is 0 Å². The number of anilines is 1. The second-order valence-corrected chi connectivity index (χ2v) is 8.16. The van der Waals surface area contributed by atoms with Gasteiger partial charge in [-0.05, 0) is 51.5 Å².